The number of hydrogen-bond donors (Lipinski definition) is 1. The molecular weight excluding hydrogens is 275 g/mol. The maximum absolute atomic E-state index is 13.6. The monoisotopic (exact) mass is 288 g/mol. The number of aliphatic hydroxyl groups is 1. The zero-order chi connectivity index (χ0) is 12.5. The summed E-state index contributed by atoms with van der Waals surface area (Å²) < 4.78 is 13.8. The van der Waals surface area contributed by atoms with Gasteiger partial charge in [-0.1, -0.05) is 26.8 Å². The van der Waals surface area contributed by atoms with E-state index in [4.69, 9.17) is 0 Å². The zero-order valence-corrected chi connectivity index (χ0v) is 11.0. The third-order valence-corrected chi connectivity index (χ3v) is 2.90. The van der Waals surface area contributed by atoms with Crippen LogP contribution in [0.5, 0.6) is 0 Å². The predicted molar refractivity (Wildman–Crippen MR) is 63.9 cm³/mol. The summed E-state index contributed by atoms with van der Waals surface area (Å²) >= 11 is 3.01. The summed E-state index contributed by atoms with van der Waals surface area (Å²) in [6, 6.07) is 4.45. The first-order valence-electron chi connectivity index (χ1n) is 4.91. The minimum atomic E-state index is -1.21. The summed E-state index contributed by atoms with van der Waals surface area (Å²) in [6.07, 6.45) is -1.21. The van der Waals surface area contributed by atoms with Gasteiger partial charge in [0.1, 0.15) is 11.9 Å². The molecule has 0 aliphatic rings. The second-order valence-corrected chi connectivity index (χ2v) is 5.59. The normalized spacial score (nSPS) is 13.6. The molecule has 1 aromatic rings. The van der Waals surface area contributed by atoms with Crippen LogP contribution < -0.4 is 0 Å². The Morgan fingerprint density at radius 3 is 2.50 bits per heavy atom. The van der Waals surface area contributed by atoms with Crippen LogP contribution in [0.4, 0.5) is 4.39 Å². The van der Waals surface area contributed by atoms with E-state index in [1.165, 1.54) is 12.1 Å². The van der Waals surface area contributed by atoms with E-state index in [2.05, 4.69) is 15.9 Å². The highest BCUT2D eigenvalue weighted by Gasteiger charge is 2.31. The Morgan fingerprint density at radius 1 is 1.44 bits per heavy atom. The van der Waals surface area contributed by atoms with E-state index in [0.29, 0.717) is 0 Å². The summed E-state index contributed by atoms with van der Waals surface area (Å²) in [5.41, 5.74) is -0.692. The largest absolute Gasteiger partial charge is 0.384 e. The molecule has 0 aliphatic heterocycles. The van der Waals surface area contributed by atoms with E-state index >= 15 is 0 Å². The van der Waals surface area contributed by atoms with Crippen molar-refractivity contribution in [3.05, 3.63) is 34.1 Å². The molecule has 0 amide bonds. The second kappa shape index (κ2) is 4.63. The summed E-state index contributed by atoms with van der Waals surface area (Å²) in [7, 11) is 0. The number of Topliss-reactive ketones (excluding diaryl/α,β-unsaturated/α-hetero) is 1. The van der Waals surface area contributed by atoms with Crippen molar-refractivity contribution in [1.29, 1.82) is 0 Å². The first-order chi connectivity index (χ1) is 7.25. The molecule has 1 atom stereocenters. The number of halogens is 2. The molecule has 1 aromatic carbocycles. The lowest BCUT2D eigenvalue weighted by Crippen LogP contribution is -2.34. The molecule has 1 N–H and O–H groups in total. The highest BCUT2D eigenvalue weighted by molar-refractivity contribution is 9.10. The van der Waals surface area contributed by atoms with Crippen molar-refractivity contribution >= 4 is 21.7 Å². The molecule has 1 rings (SSSR count). The van der Waals surface area contributed by atoms with Crippen LogP contribution in [0.3, 0.4) is 0 Å². The molecule has 0 radical (unpaired) electrons. The molecule has 2 nitrogen and oxygen atoms in total. The van der Waals surface area contributed by atoms with Gasteiger partial charge < -0.3 is 5.11 Å². The Balaban J connectivity index is 3.11. The van der Waals surface area contributed by atoms with Crippen LogP contribution in [0.1, 0.15) is 31.1 Å². The van der Waals surface area contributed by atoms with Gasteiger partial charge in [0.05, 0.1) is 10.0 Å². The van der Waals surface area contributed by atoms with Crippen LogP contribution in [0.15, 0.2) is 22.7 Å². The molecule has 0 aromatic heterocycles. The van der Waals surface area contributed by atoms with Crippen molar-refractivity contribution in [1.82, 2.24) is 0 Å². The summed E-state index contributed by atoms with van der Waals surface area (Å²) in [6.45, 7) is 5.18. The van der Waals surface area contributed by atoms with Crippen molar-refractivity contribution in [3.63, 3.8) is 0 Å². The average Bonchev–Trinajstić information content (AvgIpc) is 2.18. The van der Waals surface area contributed by atoms with E-state index in [1.54, 1.807) is 26.8 Å². The van der Waals surface area contributed by atoms with Gasteiger partial charge in [-0.3, -0.25) is 4.79 Å². The topological polar surface area (TPSA) is 37.3 Å². The molecule has 4 heteroatoms. The Labute approximate surface area is 103 Å². The first-order valence-corrected chi connectivity index (χ1v) is 5.70. The van der Waals surface area contributed by atoms with Gasteiger partial charge in [0.25, 0.3) is 0 Å². The Kier molecular flexibility index (Phi) is 3.86. The van der Waals surface area contributed by atoms with Crippen LogP contribution in [-0.2, 0) is 0 Å². The number of carbonyl (C=O) groups excluding carboxylic acids is 1. The van der Waals surface area contributed by atoms with E-state index in [-0.39, 0.29) is 10.0 Å². The fraction of sp³-hybridized carbons (Fsp3) is 0.417. The van der Waals surface area contributed by atoms with Crippen molar-refractivity contribution in [3.8, 4) is 0 Å². The third-order valence-electron chi connectivity index (χ3n) is 2.29. The number of rotatable bonds is 2. The van der Waals surface area contributed by atoms with Crippen LogP contribution in [-0.4, -0.2) is 17.0 Å². The highest BCUT2D eigenvalue weighted by Crippen LogP contribution is 2.25. The van der Waals surface area contributed by atoms with Crippen LogP contribution in [0, 0.1) is 11.2 Å². The third kappa shape index (κ3) is 2.68. The van der Waals surface area contributed by atoms with Crippen molar-refractivity contribution < 1.29 is 14.3 Å². The van der Waals surface area contributed by atoms with Crippen molar-refractivity contribution in [2.45, 2.75) is 26.9 Å². The molecule has 0 aliphatic carbocycles. The Morgan fingerprint density at radius 2 is 2.00 bits per heavy atom. The minimum absolute atomic E-state index is 0.0863. The van der Waals surface area contributed by atoms with Crippen LogP contribution >= 0.6 is 15.9 Å². The van der Waals surface area contributed by atoms with Gasteiger partial charge in [0.2, 0.25) is 0 Å². The van der Waals surface area contributed by atoms with E-state index in [0.717, 1.165) is 0 Å². The lowest BCUT2D eigenvalue weighted by Gasteiger charge is -2.24. The summed E-state index contributed by atoms with van der Waals surface area (Å²) in [4.78, 5) is 11.9. The molecule has 16 heavy (non-hydrogen) atoms. The van der Waals surface area contributed by atoms with Gasteiger partial charge in [0, 0.05) is 0 Å². The SMILES string of the molecule is CC(C)(C)C(O)C(=O)c1cccc(Br)c1F. The fourth-order valence-corrected chi connectivity index (χ4v) is 1.60. The highest BCUT2D eigenvalue weighted by atomic mass is 79.9. The number of ketones is 1. The Hall–Kier alpha value is -0.740. The molecule has 0 saturated carbocycles. The summed E-state index contributed by atoms with van der Waals surface area (Å²) in [5.74, 6) is -1.22. The lowest BCUT2D eigenvalue weighted by molar-refractivity contribution is 0.0438. The zero-order valence-electron chi connectivity index (χ0n) is 9.42. The first kappa shape index (κ1) is 13.3. The molecule has 0 bridgehead atoms. The van der Waals surface area contributed by atoms with Crippen LogP contribution in [0.2, 0.25) is 0 Å². The quantitative estimate of drug-likeness (QED) is 0.849. The van der Waals surface area contributed by atoms with Gasteiger partial charge >= 0.3 is 0 Å². The van der Waals surface area contributed by atoms with Crippen LogP contribution in [0.25, 0.3) is 0 Å². The average molecular weight is 289 g/mol. The molecule has 0 saturated heterocycles. The lowest BCUT2D eigenvalue weighted by atomic mass is 9.84. The molecule has 0 spiro atoms. The van der Waals surface area contributed by atoms with E-state index in [1.807, 2.05) is 0 Å². The molecule has 88 valence electrons. The van der Waals surface area contributed by atoms with Gasteiger partial charge in [0.15, 0.2) is 5.78 Å². The number of aliphatic hydroxyl groups excluding tert-OH is 1. The maximum Gasteiger partial charge on any atom is 0.194 e. The van der Waals surface area contributed by atoms with Crippen molar-refractivity contribution in [2.75, 3.05) is 0 Å². The maximum atomic E-state index is 13.6. The second-order valence-electron chi connectivity index (χ2n) is 4.73. The molecular formula is C12H14BrFO2. The molecule has 0 heterocycles. The number of carbonyl (C=O) groups is 1. The van der Waals surface area contributed by atoms with Gasteiger partial charge in [-0.05, 0) is 33.5 Å². The molecule has 1 unspecified atom stereocenters. The number of benzene rings is 1. The van der Waals surface area contributed by atoms with Crippen molar-refractivity contribution in [2.24, 2.45) is 5.41 Å². The molecule has 0 fully saturated rings. The smallest absolute Gasteiger partial charge is 0.194 e. The van der Waals surface area contributed by atoms with Gasteiger partial charge in [-0.15, -0.1) is 0 Å². The standard InChI is InChI=1S/C12H14BrFO2/c1-12(2,3)11(16)10(15)7-5-4-6-8(13)9(7)14/h4-6,11,16H,1-3H3. The van der Waals surface area contributed by atoms with E-state index < -0.39 is 23.1 Å². The van der Waals surface area contributed by atoms with Gasteiger partial charge in [-0.25, -0.2) is 4.39 Å². The van der Waals surface area contributed by atoms with E-state index in [9.17, 15) is 14.3 Å². The van der Waals surface area contributed by atoms with Gasteiger partial charge in [-0.2, -0.15) is 0 Å². The fourth-order valence-electron chi connectivity index (χ4n) is 1.23. The number of hydrogen-bond acceptors (Lipinski definition) is 2. The Bertz CT molecular complexity index is 410. The minimum Gasteiger partial charge on any atom is -0.384 e. The summed E-state index contributed by atoms with van der Waals surface area (Å²) in [5, 5.41) is 9.79. The predicted octanol–water partition coefficient (Wildman–Crippen LogP) is 3.18.